The Balaban J connectivity index is 2.58. The summed E-state index contributed by atoms with van der Waals surface area (Å²) in [6.07, 6.45) is 2.31. The smallest absolute Gasteiger partial charge is 0.0174 e. The Labute approximate surface area is 70.4 Å². The van der Waals surface area contributed by atoms with Gasteiger partial charge in [0.05, 0.1) is 0 Å². The molecule has 1 unspecified atom stereocenters. The monoisotopic (exact) mass is 160 g/mol. The lowest BCUT2D eigenvalue weighted by molar-refractivity contribution is 1.14. The van der Waals surface area contributed by atoms with Crippen molar-refractivity contribution in [1.29, 1.82) is 0 Å². The minimum atomic E-state index is 0.770. The van der Waals surface area contributed by atoms with Crippen LogP contribution in [-0.4, -0.2) is 10.2 Å². The van der Waals surface area contributed by atoms with Crippen molar-refractivity contribution in [3.05, 3.63) is 41.0 Å². The van der Waals surface area contributed by atoms with Gasteiger partial charge in [0.1, 0.15) is 0 Å². The molecule has 1 aliphatic carbocycles. The lowest BCUT2D eigenvalue weighted by Crippen LogP contribution is -1.94. The summed E-state index contributed by atoms with van der Waals surface area (Å²) in [7, 11) is 1.24. The second-order valence-electron chi connectivity index (χ2n) is 3.24. The van der Waals surface area contributed by atoms with Crippen LogP contribution in [0.15, 0.2) is 29.8 Å². The van der Waals surface area contributed by atoms with E-state index in [9.17, 15) is 0 Å². The Kier molecular flexibility index (Phi) is 1.46. The fourth-order valence-corrected chi connectivity index (χ4v) is 2.34. The summed E-state index contributed by atoms with van der Waals surface area (Å²) in [5.41, 5.74) is 5.28. The van der Waals surface area contributed by atoms with Crippen molar-refractivity contribution in [2.45, 2.75) is 12.5 Å². The molecule has 56 valence electrons. The molecule has 1 aromatic rings. The molecule has 0 saturated carbocycles. The molecule has 0 bridgehead atoms. The van der Waals surface area contributed by atoms with Gasteiger partial charge in [0.2, 0.25) is 0 Å². The van der Waals surface area contributed by atoms with Gasteiger partial charge in [0, 0.05) is 10.2 Å². The minimum absolute atomic E-state index is 0.770. The van der Waals surface area contributed by atoms with E-state index in [1.807, 2.05) is 0 Å². The van der Waals surface area contributed by atoms with Crippen LogP contribution in [0, 0.1) is 0 Å². The van der Waals surface area contributed by atoms with Crippen LogP contribution in [0.3, 0.4) is 0 Å². The maximum Gasteiger partial charge on any atom is 0.0174 e. The molecule has 1 aromatic carbocycles. The molecule has 0 saturated heterocycles. The van der Waals surface area contributed by atoms with E-state index in [4.69, 9.17) is 0 Å². The molecular formula is C10H12Si. The summed E-state index contributed by atoms with van der Waals surface area (Å²) in [5.74, 6) is 0. The highest BCUT2D eigenvalue weighted by Crippen LogP contribution is 2.32. The predicted octanol–water partition coefficient (Wildman–Crippen LogP) is 1.51. The zero-order chi connectivity index (χ0) is 7.84. The van der Waals surface area contributed by atoms with Crippen LogP contribution >= 0.6 is 0 Å². The lowest BCUT2D eigenvalue weighted by atomic mass is 10.1. The van der Waals surface area contributed by atoms with Crippen LogP contribution in [0.5, 0.6) is 0 Å². The lowest BCUT2D eigenvalue weighted by Gasteiger charge is -2.05. The van der Waals surface area contributed by atoms with Gasteiger partial charge < -0.3 is 0 Å². The molecule has 0 spiro atoms. The number of rotatable bonds is 0. The molecule has 0 aliphatic heterocycles. The van der Waals surface area contributed by atoms with Crippen molar-refractivity contribution in [3.63, 3.8) is 0 Å². The van der Waals surface area contributed by atoms with Gasteiger partial charge in [0.25, 0.3) is 0 Å². The van der Waals surface area contributed by atoms with Crippen molar-refractivity contribution >= 4 is 16.3 Å². The molecule has 1 atom stereocenters. The topological polar surface area (TPSA) is 0 Å². The van der Waals surface area contributed by atoms with E-state index < -0.39 is 0 Å². The van der Waals surface area contributed by atoms with Gasteiger partial charge >= 0.3 is 0 Å². The minimum Gasteiger partial charge on any atom is -0.0689 e. The molecule has 0 amide bonds. The van der Waals surface area contributed by atoms with E-state index in [1.54, 1.807) is 0 Å². The third-order valence-electron chi connectivity index (χ3n) is 2.53. The first-order valence-corrected chi connectivity index (χ1v) is 5.21. The van der Waals surface area contributed by atoms with E-state index in [0.29, 0.717) is 0 Å². The first-order valence-electron chi connectivity index (χ1n) is 4.06. The van der Waals surface area contributed by atoms with Gasteiger partial charge in [-0.1, -0.05) is 35.9 Å². The standard InChI is InChI=1S/C10H12Si/c1-7-6-8-4-2-3-5-9(8)10(7)11/h2-6,10H,1,11H3. The molecule has 0 N–H and O–H groups in total. The van der Waals surface area contributed by atoms with Crippen LogP contribution in [0.25, 0.3) is 6.08 Å². The molecule has 1 aliphatic rings. The van der Waals surface area contributed by atoms with E-state index in [-0.39, 0.29) is 0 Å². The zero-order valence-corrected chi connectivity index (χ0v) is 8.96. The molecule has 2 rings (SSSR count). The second kappa shape index (κ2) is 2.34. The number of fused-ring (bicyclic) bond motifs is 1. The maximum absolute atomic E-state index is 2.31. The summed E-state index contributed by atoms with van der Waals surface area (Å²) in [5, 5.41) is 0. The Hall–Kier alpha value is -0.823. The van der Waals surface area contributed by atoms with Gasteiger partial charge in [-0.25, -0.2) is 0 Å². The maximum atomic E-state index is 2.31. The third kappa shape index (κ3) is 0.961. The first-order chi connectivity index (χ1) is 5.29. The predicted molar refractivity (Wildman–Crippen MR) is 52.8 cm³/mol. The molecule has 0 radical (unpaired) electrons. The SMILES string of the molecule is CC1=Cc2ccccc2C1[SiH3]. The zero-order valence-electron chi connectivity index (χ0n) is 6.96. The normalized spacial score (nSPS) is 21.5. The molecular weight excluding hydrogens is 148 g/mol. The van der Waals surface area contributed by atoms with Crippen LogP contribution in [0.2, 0.25) is 0 Å². The van der Waals surface area contributed by atoms with Crippen molar-refractivity contribution in [2.24, 2.45) is 0 Å². The summed E-state index contributed by atoms with van der Waals surface area (Å²) in [6.45, 7) is 2.23. The quantitative estimate of drug-likeness (QED) is 0.505. The summed E-state index contributed by atoms with van der Waals surface area (Å²) >= 11 is 0. The summed E-state index contributed by atoms with van der Waals surface area (Å²) in [4.78, 5) is 0. The van der Waals surface area contributed by atoms with Gasteiger partial charge in [-0.3, -0.25) is 0 Å². The van der Waals surface area contributed by atoms with Crippen LogP contribution in [0.1, 0.15) is 23.6 Å². The van der Waals surface area contributed by atoms with Crippen LogP contribution in [0.4, 0.5) is 0 Å². The fraction of sp³-hybridized carbons (Fsp3) is 0.200. The van der Waals surface area contributed by atoms with E-state index in [1.165, 1.54) is 26.9 Å². The number of hydrogen-bond acceptors (Lipinski definition) is 0. The molecule has 0 heterocycles. The largest absolute Gasteiger partial charge is 0.0689 e. The van der Waals surface area contributed by atoms with Gasteiger partial charge in [-0.15, -0.1) is 0 Å². The Morgan fingerprint density at radius 1 is 1.27 bits per heavy atom. The first kappa shape index (κ1) is 6.86. The second-order valence-corrected chi connectivity index (χ2v) is 4.39. The highest BCUT2D eigenvalue weighted by Gasteiger charge is 2.16. The average molecular weight is 160 g/mol. The Bertz CT molecular complexity index is 312. The van der Waals surface area contributed by atoms with E-state index in [2.05, 4.69) is 37.3 Å². The van der Waals surface area contributed by atoms with Gasteiger partial charge in [0.15, 0.2) is 0 Å². The number of hydrogen-bond donors (Lipinski definition) is 0. The van der Waals surface area contributed by atoms with Crippen molar-refractivity contribution in [3.8, 4) is 0 Å². The van der Waals surface area contributed by atoms with E-state index >= 15 is 0 Å². The van der Waals surface area contributed by atoms with Crippen molar-refractivity contribution in [1.82, 2.24) is 0 Å². The van der Waals surface area contributed by atoms with Crippen LogP contribution in [-0.2, 0) is 0 Å². The highest BCUT2D eigenvalue weighted by atomic mass is 28.1. The molecule has 0 nitrogen and oxygen atoms in total. The van der Waals surface area contributed by atoms with Gasteiger partial charge in [-0.05, 0) is 23.6 Å². The Morgan fingerprint density at radius 2 is 2.00 bits per heavy atom. The Morgan fingerprint density at radius 3 is 2.73 bits per heavy atom. The highest BCUT2D eigenvalue weighted by molar-refractivity contribution is 6.16. The molecule has 0 fully saturated rings. The van der Waals surface area contributed by atoms with Crippen molar-refractivity contribution < 1.29 is 0 Å². The average Bonchev–Trinajstić information content (AvgIpc) is 2.30. The van der Waals surface area contributed by atoms with Gasteiger partial charge in [-0.2, -0.15) is 0 Å². The third-order valence-corrected chi connectivity index (χ3v) is 4.06. The van der Waals surface area contributed by atoms with E-state index in [0.717, 1.165) is 5.54 Å². The van der Waals surface area contributed by atoms with Crippen LogP contribution < -0.4 is 0 Å². The number of benzene rings is 1. The fourth-order valence-electron chi connectivity index (χ4n) is 1.65. The van der Waals surface area contributed by atoms with Crippen molar-refractivity contribution in [2.75, 3.05) is 0 Å². The summed E-state index contributed by atoms with van der Waals surface area (Å²) < 4.78 is 0. The summed E-state index contributed by atoms with van der Waals surface area (Å²) in [6, 6.07) is 8.70. The molecule has 0 aromatic heterocycles. The molecule has 11 heavy (non-hydrogen) atoms. The molecule has 1 heteroatoms. The number of allylic oxidation sites excluding steroid dienone is 1.